The molecule has 0 saturated heterocycles. The minimum absolute atomic E-state index is 0.236. The highest BCUT2D eigenvalue weighted by Gasteiger charge is 2.23. The third-order valence-corrected chi connectivity index (χ3v) is 3.63. The van der Waals surface area contributed by atoms with E-state index in [1.54, 1.807) is 0 Å². The van der Waals surface area contributed by atoms with Gasteiger partial charge in [-0.1, -0.05) is 6.07 Å². The van der Waals surface area contributed by atoms with E-state index in [0.29, 0.717) is 13.0 Å². The Bertz CT molecular complexity index is 593. The summed E-state index contributed by atoms with van der Waals surface area (Å²) in [6.07, 6.45) is 1.80. The number of nitrogens with two attached hydrogens (primary N) is 1. The number of fused-ring (bicyclic) bond motifs is 1. The highest BCUT2D eigenvalue weighted by Crippen LogP contribution is 2.33. The first kappa shape index (κ1) is 17.3. The van der Waals surface area contributed by atoms with Crippen molar-refractivity contribution < 1.29 is 14.3 Å². The van der Waals surface area contributed by atoms with Crippen molar-refractivity contribution in [1.82, 2.24) is 5.32 Å². The highest BCUT2D eigenvalue weighted by molar-refractivity contribution is 5.85. The van der Waals surface area contributed by atoms with Crippen molar-refractivity contribution in [3.8, 4) is 0 Å². The van der Waals surface area contributed by atoms with Crippen LogP contribution in [0, 0.1) is 0 Å². The van der Waals surface area contributed by atoms with Crippen LogP contribution in [-0.4, -0.2) is 24.1 Å². The van der Waals surface area contributed by atoms with Gasteiger partial charge in [0.1, 0.15) is 5.60 Å². The largest absolute Gasteiger partial charge is 0.444 e. The zero-order chi connectivity index (χ0) is 17.0. The number of amides is 2. The van der Waals surface area contributed by atoms with Gasteiger partial charge in [0.15, 0.2) is 0 Å². The molecule has 1 atom stereocenters. The van der Waals surface area contributed by atoms with Gasteiger partial charge in [0.25, 0.3) is 0 Å². The van der Waals surface area contributed by atoms with Crippen molar-refractivity contribution in [3.63, 3.8) is 0 Å². The summed E-state index contributed by atoms with van der Waals surface area (Å²) in [6.45, 7) is 6.07. The number of hydrogen-bond acceptors (Lipinski definition) is 4. The average molecular weight is 319 g/mol. The summed E-state index contributed by atoms with van der Waals surface area (Å²) in [6, 6.07) is 6.10. The number of aryl methyl sites for hydroxylation is 1. The number of nitrogens with one attached hydrogen (secondary N) is 2. The van der Waals surface area contributed by atoms with Crippen LogP contribution in [0.2, 0.25) is 0 Å². The quantitative estimate of drug-likeness (QED) is 0.777. The molecule has 0 heterocycles. The Morgan fingerprint density at radius 2 is 2.09 bits per heavy atom. The normalized spacial score (nSPS) is 16.7. The summed E-state index contributed by atoms with van der Waals surface area (Å²) in [5.41, 5.74) is 7.78. The molecule has 0 aromatic heterocycles. The van der Waals surface area contributed by atoms with Crippen molar-refractivity contribution in [1.29, 1.82) is 0 Å². The number of carbonyl (C=O) groups is 2. The minimum atomic E-state index is -0.518. The first-order valence-electron chi connectivity index (χ1n) is 7.89. The van der Waals surface area contributed by atoms with Crippen LogP contribution in [0.3, 0.4) is 0 Å². The van der Waals surface area contributed by atoms with E-state index in [2.05, 4.69) is 10.6 Å². The van der Waals surface area contributed by atoms with Crippen LogP contribution in [0.1, 0.15) is 50.8 Å². The van der Waals surface area contributed by atoms with Crippen LogP contribution in [0.25, 0.3) is 0 Å². The fourth-order valence-corrected chi connectivity index (χ4v) is 2.70. The van der Waals surface area contributed by atoms with E-state index in [4.69, 9.17) is 10.5 Å². The van der Waals surface area contributed by atoms with Gasteiger partial charge in [-0.25, -0.2) is 4.79 Å². The molecule has 0 radical (unpaired) electrons. The van der Waals surface area contributed by atoms with E-state index in [-0.39, 0.29) is 11.9 Å². The van der Waals surface area contributed by atoms with Gasteiger partial charge in [0.05, 0.1) is 0 Å². The third kappa shape index (κ3) is 5.25. The van der Waals surface area contributed by atoms with Crippen molar-refractivity contribution in [2.45, 2.75) is 51.7 Å². The van der Waals surface area contributed by atoms with Gasteiger partial charge in [0, 0.05) is 24.7 Å². The molecule has 0 saturated carbocycles. The predicted octanol–water partition coefficient (Wildman–Crippen LogP) is 2.49. The summed E-state index contributed by atoms with van der Waals surface area (Å²) in [4.78, 5) is 22.6. The molecule has 0 bridgehead atoms. The second kappa shape index (κ2) is 7.00. The molecule has 1 unspecified atom stereocenters. The van der Waals surface area contributed by atoms with E-state index in [0.717, 1.165) is 18.5 Å². The number of rotatable bonds is 5. The zero-order valence-corrected chi connectivity index (χ0v) is 13.9. The first-order chi connectivity index (χ1) is 10.7. The summed E-state index contributed by atoms with van der Waals surface area (Å²) in [5.74, 6) is -0.298. The number of primary amides is 1. The van der Waals surface area contributed by atoms with Crippen LogP contribution in [0.15, 0.2) is 18.2 Å². The molecule has 0 fully saturated rings. The molecule has 6 nitrogen and oxygen atoms in total. The fraction of sp³-hybridized carbons (Fsp3) is 0.529. The molecule has 2 amide bonds. The Morgan fingerprint density at radius 1 is 1.35 bits per heavy atom. The smallest absolute Gasteiger partial charge is 0.412 e. The molecular formula is C17H25N3O3. The Balaban J connectivity index is 1.96. The molecule has 1 aliphatic rings. The molecule has 4 N–H and O–H groups in total. The van der Waals surface area contributed by atoms with E-state index in [1.807, 2.05) is 39.0 Å². The maximum absolute atomic E-state index is 11.8. The lowest BCUT2D eigenvalue weighted by atomic mass is 10.1. The van der Waals surface area contributed by atoms with E-state index < -0.39 is 11.7 Å². The predicted molar refractivity (Wildman–Crippen MR) is 89.2 cm³/mol. The minimum Gasteiger partial charge on any atom is -0.444 e. The maximum atomic E-state index is 11.8. The van der Waals surface area contributed by atoms with Crippen molar-refractivity contribution in [3.05, 3.63) is 29.3 Å². The van der Waals surface area contributed by atoms with Crippen LogP contribution in [0.4, 0.5) is 10.5 Å². The number of ether oxygens (including phenoxy) is 1. The Morgan fingerprint density at radius 3 is 2.74 bits per heavy atom. The monoisotopic (exact) mass is 319 g/mol. The van der Waals surface area contributed by atoms with Gasteiger partial charge in [-0.05, 0) is 56.9 Å². The summed E-state index contributed by atoms with van der Waals surface area (Å²) in [5, 5.41) is 6.11. The Kier molecular flexibility index (Phi) is 5.26. The van der Waals surface area contributed by atoms with E-state index in [1.165, 1.54) is 11.1 Å². The van der Waals surface area contributed by atoms with Crippen molar-refractivity contribution in [2.24, 2.45) is 5.73 Å². The third-order valence-electron chi connectivity index (χ3n) is 3.63. The average Bonchev–Trinajstić information content (AvgIpc) is 2.78. The van der Waals surface area contributed by atoms with Crippen molar-refractivity contribution in [2.75, 3.05) is 11.9 Å². The molecule has 1 aromatic rings. The molecular weight excluding hydrogens is 294 g/mol. The summed E-state index contributed by atoms with van der Waals surface area (Å²) in [7, 11) is 0. The van der Waals surface area contributed by atoms with Gasteiger partial charge in [-0.2, -0.15) is 0 Å². The molecule has 1 aliphatic carbocycles. The molecule has 23 heavy (non-hydrogen) atoms. The zero-order valence-electron chi connectivity index (χ0n) is 13.9. The Hall–Kier alpha value is -2.08. The van der Waals surface area contributed by atoms with Gasteiger partial charge in [0.2, 0.25) is 5.91 Å². The topological polar surface area (TPSA) is 93.4 Å². The molecule has 0 aliphatic heterocycles. The lowest BCUT2D eigenvalue weighted by Crippen LogP contribution is -2.27. The van der Waals surface area contributed by atoms with Gasteiger partial charge < -0.3 is 15.8 Å². The summed E-state index contributed by atoms with van der Waals surface area (Å²) >= 11 is 0. The second-order valence-electron chi connectivity index (χ2n) is 6.80. The number of anilines is 1. The van der Waals surface area contributed by atoms with Crippen LogP contribution in [0.5, 0.6) is 0 Å². The van der Waals surface area contributed by atoms with Gasteiger partial charge in [-0.15, -0.1) is 0 Å². The van der Waals surface area contributed by atoms with Crippen LogP contribution < -0.4 is 16.4 Å². The molecule has 6 heteroatoms. The first-order valence-corrected chi connectivity index (χ1v) is 7.89. The van der Waals surface area contributed by atoms with E-state index in [9.17, 15) is 9.59 Å². The fourth-order valence-electron chi connectivity index (χ4n) is 2.70. The van der Waals surface area contributed by atoms with Crippen LogP contribution in [-0.2, 0) is 16.0 Å². The SMILES string of the molecule is CC(C)(C)OC(=O)Nc1ccc2c(c1)CCC2NCCC(N)=O. The number of benzene rings is 1. The van der Waals surface area contributed by atoms with Crippen LogP contribution >= 0.6 is 0 Å². The molecule has 2 rings (SSSR count). The lowest BCUT2D eigenvalue weighted by molar-refractivity contribution is -0.117. The lowest BCUT2D eigenvalue weighted by Gasteiger charge is -2.20. The van der Waals surface area contributed by atoms with Gasteiger partial charge >= 0.3 is 6.09 Å². The second-order valence-corrected chi connectivity index (χ2v) is 6.80. The van der Waals surface area contributed by atoms with E-state index >= 15 is 0 Å². The highest BCUT2D eigenvalue weighted by atomic mass is 16.6. The molecule has 1 aromatic carbocycles. The standard InChI is InChI=1S/C17H25N3O3/c1-17(2,3)23-16(22)20-12-5-6-13-11(10-12)4-7-14(13)19-9-8-15(18)21/h5-6,10,14,19H,4,7-9H2,1-3H3,(H2,18,21)(H,20,22). The number of hydrogen-bond donors (Lipinski definition) is 3. The van der Waals surface area contributed by atoms with Crippen molar-refractivity contribution >= 4 is 17.7 Å². The number of carbonyl (C=O) groups excluding carboxylic acids is 2. The molecule has 0 spiro atoms. The van der Waals surface area contributed by atoms with Gasteiger partial charge in [-0.3, -0.25) is 10.1 Å². The maximum Gasteiger partial charge on any atom is 0.412 e. The molecule has 126 valence electrons. The summed E-state index contributed by atoms with van der Waals surface area (Å²) < 4.78 is 5.25. The Labute approximate surface area is 136 Å².